The van der Waals surface area contributed by atoms with Gasteiger partial charge >= 0.3 is 5.97 Å². The minimum atomic E-state index is -0.440. The molecular formula is C19H15Br2NO3. The van der Waals surface area contributed by atoms with E-state index in [4.69, 9.17) is 4.74 Å². The van der Waals surface area contributed by atoms with E-state index in [0.29, 0.717) is 23.6 Å². The number of nitrogens with zero attached hydrogens (tertiary/aromatic N) is 1. The summed E-state index contributed by atoms with van der Waals surface area (Å²) in [4.78, 5) is 16.3. The third-order valence-corrected chi connectivity index (χ3v) is 4.89. The summed E-state index contributed by atoms with van der Waals surface area (Å²) in [5, 5.41) is 3.68. The van der Waals surface area contributed by atoms with Gasteiger partial charge in [-0.2, -0.15) is 0 Å². The lowest BCUT2D eigenvalue weighted by atomic mass is 10.1. The second-order valence-corrected chi connectivity index (χ2v) is 7.41. The second kappa shape index (κ2) is 7.54. The molecule has 1 heterocycles. The smallest absolute Gasteiger partial charge is 0.367 e. The van der Waals surface area contributed by atoms with Crippen molar-refractivity contribution in [1.82, 2.24) is 0 Å². The van der Waals surface area contributed by atoms with Crippen LogP contribution in [0.3, 0.4) is 0 Å². The molecule has 25 heavy (non-hydrogen) atoms. The van der Waals surface area contributed by atoms with Gasteiger partial charge < -0.3 is 9.57 Å². The Morgan fingerprint density at radius 3 is 2.32 bits per heavy atom. The summed E-state index contributed by atoms with van der Waals surface area (Å²) >= 11 is 7.06. The third kappa shape index (κ3) is 4.19. The molecule has 0 bridgehead atoms. The molecule has 4 nitrogen and oxygen atoms in total. The van der Waals surface area contributed by atoms with Gasteiger partial charge in [-0.05, 0) is 75.0 Å². The molecule has 128 valence electrons. The summed E-state index contributed by atoms with van der Waals surface area (Å²) in [5.74, 6) is 0.270. The first kappa shape index (κ1) is 17.9. The molecule has 0 spiro atoms. The molecule has 0 N–H and O–H groups in total. The average molecular weight is 465 g/mol. The summed E-state index contributed by atoms with van der Waals surface area (Å²) in [6, 6.07) is 12.0. The number of benzene rings is 2. The van der Waals surface area contributed by atoms with Gasteiger partial charge in [0.1, 0.15) is 12.4 Å². The van der Waals surface area contributed by atoms with Crippen molar-refractivity contribution in [2.45, 2.75) is 20.5 Å². The lowest BCUT2D eigenvalue weighted by Gasteiger charge is -2.12. The Morgan fingerprint density at radius 1 is 1.12 bits per heavy atom. The molecule has 0 saturated heterocycles. The zero-order valence-corrected chi connectivity index (χ0v) is 16.8. The fourth-order valence-electron chi connectivity index (χ4n) is 2.33. The fourth-order valence-corrected chi connectivity index (χ4v) is 3.78. The third-order valence-electron chi connectivity index (χ3n) is 3.71. The number of halogens is 2. The minimum Gasteiger partial charge on any atom is -0.487 e. The highest BCUT2D eigenvalue weighted by molar-refractivity contribution is 9.11. The van der Waals surface area contributed by atoms with E-state index >= 15 is 0 Å². The van der Waals surface area contributed by atoms with Crippen molar-refractivity contribution in [3.63, 3.8) is 0 Å². The molecule has 0 saturated carbocycles. The molecule has 0 aliphatic carbocycles. The van der Waals surface area contributed by atoms with E-state index in [0.717, 1.165) is 20.1 Å². The van der Waals surface area contributed by atoms with Gasteiger partial charge in [0.15, 0.2) is 0 Å². The monoisotopic (exact) mass is 463 g/mol. The Bertz CT molecular complexity index is 863. The van der Waals surface area contributed by atoms with Gasteiger partial charge in [0, 0.05) is 0 Å². The predicted octanol–water partition coefficient (Wildman–Crippen LogP) is 5.42. The fraction of sp³-hybridized carbons (Fsp3) is 0.158. The molecule has 1 aliphatic rings. The molecule has 1 aliphatic heterocycles. The molecule has 0 atom stereocenters. The Kier molecular flexibility index (Phi) is 5.39. The molecule has 0 fully saturated rings. The first-order valence-corrected chi connectivity index (χ1v) is 9.18. The number of ether oxygens (including phenoxy) is 1. The minimum absolute atomic E-state index is 0.440. The standard InChI is InChI=1S/C19H15Br2NO3/c1-11-3-5-13(6-4-11)10-24-18-16(20)8-14(9-17(18)21)7-15-12(2)22-25-19(15)23/h3-9H,10H2,1-2H3/b15-7-. The summed E-state index contributed by atoms with van der Waals surface area (Å²) in [6.45, 7) is 4.26. The van der Waals surface area contributed by atoms with E-state index in [1.807, 2.05) is 24.3 Å². The summed E-state index contributed by atoms with van der Waals surface area (Å²) in [7, 11) is 0. The molecule has 0 amide bonds. The van der Waals surface area contributed by atoms with Gasteiger partial charge in [-0.15, -0.1) is 0 Å². The van der Waals surface area contributed by atoms with E-state index < -0.39 is 5.97 Å². The highest BCUT2D eigenvalue weighted by atomic mass is 79.9. The van der Waals surface area contributed by atoms with Gasteiger partial charge in [0.05, 0.1) is 20.2 Å². The lowest BCUT2D eigenvalue weighted by Crippen LogP contribution is -2.02. The van der Waals surface area contributed by atoms with Gasteiger partial charge in [-0.3, -0.25) is 0 Å². The van der Waals surface area contributed by atoms with Crippen LogP contribution in [-0.2, 0) is 16.2 Å². The zero-order valence-electron chi connectivity index (χ0n) is 13.7. The molecule has 2 aromatic rings. The molecular weight excluding hydrogens is 450 g/mol. The van der Waals surface area contributed by atoms with Gasteiger partial charge in [-0.25, -0.2) is 4.79 Å². The quantitative estimate of drug-likeness (QED) is 0.448. The van der Waals surface area contributed by atoms with Crippen LogP contribution in [0.2, 0.25) is 0 Å². The Labute approximate surface area is 162 Å². The van der Waals surface area contributed by atoms with Crippen LogP contribution in [0.15, 0.2) is 56.1 Å². The lowest BCUT2D eigenvalue weighted by molar-refractivity contribution is -0.136. The van der Waals surface area contributed by atoms with Crippen LogP contribution >= 0.6 is 31.9 Å². The maximum absolute atomic E-state index is 11.7. The number of hydrogen-bond donors (Lipinski definition) is 0. The van der Waals surface area contributed by atoms with Crippen molar-refractivity contribution >= 4 is 49.6 Å². The zero-order chi connectivity index (χ0) is 18.0. The van der Waals surface area contributed by atoms with Crippen LogP contribution in [-0.4, -0.2) is 11.7 Å². The Balaban J connectivity index is 1.81. The van der Waals surface area contributed by atoms with Crippen molar-refractivity contribution in [1.29, 1.82) is 0 Å². The Hall–Kier alpha value is -1.92. The van der Waals surface area contributed by atoms with Crippen LogP contribution in [0.25, 0.3) is 6.08 Å². The first-order chi connectivity index (χ1) is 11.9. The molecule has 3 rings (SSSR count). The molecule has 0 unspecified atom stereocenters. The maximum atomic E-state index is 11.7. The number of carbonyl (C=O) groups excluding carboxylic acids is 1. The number of rotatable bonds is 4. The summed E-state index contributed by atoms with van der Waals surface area (Å²) < 4.78 is 7.52. The molecule has 0 aromatic heterocycles. The summed E-state index contributed by atoms with van der Waals surface area (Å²) in [5.41, 5.74) is 4.16. The van der Waals surface area contributed by atoms with Crippen molar-refractivity contribution < 1.29 is 14.4 Å². The van der Waals surface area contributed by atoms with E-state index in [2.05, 4.69) is 60.9 Å². The van der Waals surface area contributed by atoms with Gasteiger partial charge in [-0.1, -0.05) is 35.0 Å². The number of hydrogen-bond acceptors (Lipinski definition) is 4. The van der Waals surface area contributed by atoms with Crippen LogP contribution in [0.5, 0.6) is 5.75 Å². The maximum Gasteiger partial charge on any atom is 0.367 e. The molecule has 2 aromatic carbocycles. The SMILES string of the molecule is CC1=NOC(=O)/C1=C\c1cc(Br)c(OCc2ccc(C)cc2)c(Br)c1. The van der Waals surface area contributed by atoms with Crippen molar-refractivity contribution in [2.24, 2.45) is 5.16 Å². The van der Waals surface area contributed by atoms with E-state index in [9.17, 15) is 4.79 Å². The first-order valence-electron chi connectivity index (χ1n) is 7.59. The van der Waals surface area contributed by atoms with Crippen molar-refractivity contribution in [2.75, 3.05) is 0 Å². The van der Waals surface area contributed by atoms with Crippen LogP contribution in [0, 0.1) is 6.92 Å². The van der Waals surface area contributed by atoms with Crippen LogP contribution in [0.1, 0.15) is 23.6 Å². The van der Waals surface area contributed by atoms with Gasteiger partial charge in [0.25, 0.3) is 0 Å². The highest BCUT2D eigenvalue weighted by Crippen LogP contribution is 2.36. The average Bonchev–Trinajstić information content (AvgIpc) is 2.88. The second-order valence-electron chi connectivity index (χ2n) is 5.70. The number of carbonyl (C=O) groups is 1. The highest BCUT2D eigenvalue weighted by Gasteiger charge is 2.22. The van der Waals surface area contributed by atoms with Crippen molar-refractivity contribution in [3.8, 4) is 5.75 Å². The topological polar surface area (TPSA) is 47.9 Å². The van der Waals surface area contributed by atoms with E-state index in [-0.39, 0.29) is 0 Å². The largest absolute Gasteiger partial charge is 0.487 e. The number of oxime groups is 1. The van der Waals surface area contributed by atoms with E-state index in [1.54, 1.807) is 13.0 Å². The van der Waals surface area contributed by atoms with Crippen LogP contribution < -0.4 is 4.74 Å². The van der Waals surface area contributed by atoms with Gasteiger partial charge in [0.2, 0.25) is 0 Å². The normalized spacial score (nSPS) is 15.3. The Morgan fingerprint density at radius 2 is 1.76 bits per heavy atom. The summed E-state index contributed by atoms with van der Waals surface area (Å²) in [6.07, 6.45) is 1.74. The molecule has 6 heteroatoms. The van der Waals surface area contributed by atoms with E-state index in [1.165, 1.54) is 5.56 Å². The predicted molar refractivity (Wildman–Crippen MR) is 105 cm³/mol. The molecule has 0 radical (unpaired) electrons. The van der Waals surface area contributed by atoms with Crippen molar-refractivity contribution in [3.05, 3.63) is 67.6 Å². The number of aryl methyl sites for hydroxylation is 1. The van der Waals surface area contributed by atoms with Crippen LogP contribution in [0.4, 0.5) is 0 Å².